The average Bonchev–Trinajstić information content (AvgIpc) is 3.28. The van der Waals surface area contributed by atoms with Crippen molar-refractivity contribution in [1.82, 2.24) is 4.90 Å². The summed E-state index contributed by atoms with van der Waals surface area (Å²) < 4.78 is 5.32. The molecule has 0 spiro atoms. The monoisotopic (exact) mass is 304 g/mol. The van der Waals surface area contributed by atoms with Crippen LogP contribution in [-0.4, -0.2) is 36.5 Å². The second kappa shape index (κ2) is 7.14. The predicted molar refractivity (Wildman–Crippen MR) is 90.4 cm³/mol. The normalized spacial score (nSPS) is 16.0. The third-order valence-corrected chi connectivity index (χ3v) is 4.46. The van der Waals surface area contributed by atoms with E-state index in [1.165, 1.54) is 12.8 Å². The molecule has 0 radical (unpaired) electrons. The number of carbonyl (C=O) groups is 1. The van der Waals surface area contributed by atoms with Crippen molar-refractivity contribution < 1.29 is 9.53 Å². The molecular formula is C18H28N2O2. The highest BCUT2D eigenvalue weighted by atomic mass is 16.5. The molecule has 1 saturated carbocycles. The van der Waals surface area contributed by atoms with Crippen LogP contribution in [0.1, 0.15) is 39.2 Å². The van der Waals surface area contributed by atoms with E-state index in [4.69, 9.17) is 4.74 Å². The van der Waals surface area contributed by atoms with Crippen LogP contribution < -0.4 is 10.1 Å². The SMILES string of the molecule is COc1ccc(C)cc1NC(=O)CN(C1CC1)[C@@H](C)C(C)C. The van der Waals surface area contributed by atoms with Gasteiger partial charge in [-0.1, -0.05) is 19.9 Å². The number of amides is 1. The Balaban J connectivity index is 2.04. The number of hydrogen-bond donors (Lipinski definition) is 1. The zero-order chi connectivity index (χ0) is 16.3. The molecule has 1 aliphatic carbocycles. The third-order valence-electron chi connectivity index (χ3n) is 4.46. The number of methoxy groups -OCH3 is 1. The van der Waals surface area contributed by atoms with Gasteiger partial charge in [0.05, 0.1) is 19.3 Å². The molecule has 0 aliphatic heterocycles. The molecular weight excluding hydrogens is 276 g/mol. The van der Waals surface area contributed by atoms with Crippen molar-refractivity contribution in [2.75, 3.05) is 19.0 Å². The molecule has 0 aromatic heterocycles. The minimum absolute atomic E-state index is 0.0308. The highest BCUT2D eigenvalue weighted by Gasteiger charge is 2.34. The summed E-state index contributed by atoms with van der Waals surface area (Å²) in [5.41, 5.74) is 1.85. The van der Waals surface area contributed by atoms with Gasteiger partial charge in [0.2, 0.25) is 5.91 Å². The summed E-state index contributed by atoms with van der Waals surface area (Å²) in [6.45, 7) is 9.08. The molecule has 1 fully saturated rings. The standard InChI is InChI=1S/C18H28N2O2/c1-12(2)14(4)20(15-7-8-15)11-18(21)19-16-10-13(3)6-9-17(16)22-5/h6,9-10,12,14-15H,7-8,11H2,1-5H3,(H,19,21)/t14-/m0/s1. The number of aryl methyl sites for hydroxylation is 1. The summed E-state index contributed by atoms with van der Waals surface area (Å²) >= 11 is 0. The summed E-state index contributed by atoms with van der Waals surface area (Å²) in [5.74, 6) is 1.28. The molecule has 0 saturated heterocycles. The van der Waals surface area contributed by atoms with E-state index in [9.17, 15) is 4.79 Å². The lowest BCUT2D eigenvalue weighted by Crippen LogP contribution is -2.43. The predicted octanol–water partition coefficient (Wildman–Crippen LogP) is 3.45. The first-order chi connectivity index (χ1) is 10.4. The van der Waals surface area contributed by atoms with E-state index in [0.29, 0.717) is 30.3 Å². The van der Waals surface area contributed by atoms with E-state index in [2.05, 4.69) is 31.0 Å². The lowest BCUT2D eigenvalue weighted by atomic mass is 10.0. The van der Waals surface area contributed by atoms with Crippen molar-refractivity contribution in [3.05, 3.63) is 23.8 Å². The fourth-order valence-electron chi connectivity index (χ4n) is 2.67. The molecule has 0 unspecified atom stereocenters. The van der Waals surface area contributed by atoms with Crippen LogP contribution in [0.2, 0.25) is 0 Å². The van der Waals surface area contributed by atoms with Gasteiger partial charge in [0.25, 0.3) is 0 Å². The lowest BCUT2D eigenvalue weighted by molar-refractivity contribution is -0.118. The van der Waals surface area contributed by atoms with Crippen LogP contribution in [0.5, 0.6) is 5.75 Å². The fraction of sp³-hybridized carbons (Fsp3) is 0.611. The Kier molecular flexibility index (Phi) is 5.46. The topological polar surface area (TPSA) is 41.6 Å². The van der Waals surface area contributed by atoms with Crippen LogP contribution in [0.25, 0.3) is 0 Å². The summed E-state index contributed by atoms with van der Waals surface area (Å²) in [6, 6.07) is 6.80. The second-order valence-electron chi connectivity index (χ2n) is 6.64. The van der Waals surface area contributed by atoms with E-state index in [-0.39, 0.29) is 5.91 Å². The Morgan fingerprint density at radius 2 is 2.05 bits per heavy atom. The van der Waals surface area contributed by atoms with Crippen LogP contribution in [-0.2, 0) is 4.79 Å². The molecule has 1 amide bonds. The van der Waals surface area contributed by atoms with Crippen LogP contribution in [0, 0.1) is 12.8 Å². The van der Waals surface area contributed by atoms with Gasteiger partial charge < -0.3 is 10.1 Å². The molecule has 0 heterocycles. The number of benzene rings is 1. The maximum Gasteiger partial charge on any atom is 0.238 e. The first kappa shape index (κ1) is 16.8. The van der Waals surface area contributed by atoms with Crippen LogP contribution >= 0.6 is 0 Å². The van der Waals surface area contributed by atoms with Gasteiger partial charge in [0, 0.05) is 12.1 Å². The van der Waals surface area contributed by atoms with Gasteiger partial charge in [0.1, 0.15) is 5.75 Å². The van der Waals surface area contributed by atoms with E-state index in [1.54, 1.807) is 7.11 Å². The number of rotatable bonds is 7. The van der Waals surface area contributed by atoms with Gasteiger partial charge in [-0.25, -0.2) is 0 Å². The zero-order valence-electron chi connectivity index (χ0n) is 14.3. The number of carbonyl (C=O) groups excluding carboxylic acids is 1. The molecule has 1 aliphatic rings. The van der Waals surface area contributed by atoms with Gasteiger partial charge >= 0.3 is 0 Å². The van der Waals surface area contributed by atoms with Crippen LogP contribution in [0.3, 0.4) is 0 Å². The van der Waals surface area contributed by atoms with Crippen molar-refractivity contribution in [3.8, 4) is 5.75 Å². The Morgan fingerprint density at radius 1 is 1.36 bits per heavy atom. The van der Waals surface area contributed by atoms with Crippen LogP contribution in [0.4, 0.5) is 5.69 Å². The Labute approximate surface area is 133 Å². The van der Waals surface area contributed by atoms with E-state index in [0.717, 1.165) is 11.3 Å². The maximum atomic E-state index is 12.5. The van der Waals surface area contributed by atoms with Crippen LogP contribution in [0.15, 0.2) is 18.2 Å². The number of nitrogens with zero attached hydrogens (tertiary/aromatic N) is 1. The number of anilines is 1. The van der Waals surface area contributed by atoms with Gasteiger partial charge in [-0.15, -0.1) is 0 Å². The van der Waals surface area contributed by atoms with E-state index < -0.39 is 0 Å². The maximum absolute atomic E-state index is 12.5. The first-order valence-corrected chi connectivity index (χ1v) is 8.12. The molecule has 1 atom stereocenters. The number of nitrogens with one attached hydrogen (secondary N) is 1. The Morgan fingerprint density at radius 3 is 2.59 bits per heavy atom. The third kappa shape index (κ3) is 4.23. The van der Waals surface area contributed by atoms with Gasteiger partial charge in [-0.05, 0) is 50.3 Å². The molecule has 4 nitrogen and oxygen atoms in total. The number of ether oxygens (including phenoxy) is 1. The molecule has 0 bridgehead atoms. The molecule has 122 valence electrons. The van der Waals surface area contributed by atoms with Crippen molar-refractivity contribution in [3.63, 3.8) is 0 Å². The molecule has 1 N–H and O–H groups in total. The van der Waals surface area contributed by atoms with Crippen molar-refractivity contribution in [2.45, 2.75) is 52.6 Å². The first-order valence-electron chi connectivity index (χ1n) is 8.12. The zero-order valence-corrected chi connectivity index (χ0v) is 14.3. The Hall–Kier alpha value is -1.55. The Bertz CT molecular complexity index is 524. The van der Waals surface area contributed by atoms with Crippen molar-refractivity contribution in [2.24, 2.45) is 5.92 Å². The lowest BCUT2D eigenvalue weighted by Gasteiger charge is -2.31. The molecule has 1 aromatic rings. The average molecular weight is 304 g/mol. The smallest absolute Gasteiger partial charge is 0.238 e. The summed E-state index contributed by atoms with van der Waals surface area (Å²) in [5, 5.41) is 3.00. The van der Waals surface area contributed by atoms with Crippen molar-refractivity contribution in [1.29, 1.82) is 0 Å². The van der Waals surface area contributed by atoms with Gasteiger partial charge in [0.15, 0.2) is 0 Å². The van der Waals surface area contributed by atoms with Gasteiger partial charge in [-0.3, -0.25) is 9.69 Å². The molecule has 2 rings (SSSR count). The molecule has 1 aromatic carbocycles. The van der Waals surface area contributed by atoms with Crippen molar-refractivity contribution >= 4 is 11.6 Å². The summed E-state index contributed by atoms with van der Waals surface area (Å²) in [4.78, 5) is 14.8. The van der Waals surface area contributed by atoms with Gasteiger partial charge in [-0.2, -0.15) is 0 Å². The van der Waals surface area contributed by atoms with E-state index >= 15 is 0 Å². The second-order valence-corrected chi connectivity index (χ2v) is 6.64. The minimum Gasteiger partial charge on any atom is -0.495 e. The fourth-order valence-corrected chi connectivity index (χ4v) is 2.67. The highest BCUT2D eigenvalue weighted by Crippen LogP contribution is 2.31. The molecule has 4 heteroatoms. The minimum atomic E-state index is 0.0308. The van der Waals surface area contributed by atoms with E-state index in [1.807, 2.05) is 25.1 Å². The highest BCUT2D eigenvalue weighted by molar-refractivity contribution is 5.93. The quantitative estimate of drug-likeness (QED) is 0.839. The number of hydrogen-bond acceptors (Lipinski definition) is 3. The molecule has 22 heavy (non-hydrogen) atoms. The summed E-state index contributed by atoms with van der Waals surface area (Å²) in [7, 11) is 1.62. The summed E-state index contributed by atoms with van der Waals surface area (Å²) in [6.07, 6.45) is 2.41. The largest absolute Gasteiger partial charge is 0.495 e.